The first kappa shape index (κ1) is 29.9. The Morgan fingerprint density at radius 2 is 2.08 bits per heavy atom. The first-order chi connectivity index (χ1) is 18.1. The predicted octanol–water partition coefficient (Wildman–Crippen LogP) is 2.91. The maximum absolute atomic E-state index is 13.0. The van der Waals surface area contributed by atoms with E-state index in [9.17, 15) is 24.6 Å². The molecule has 1 fully saturated rings. The molecule has 1 aliphatic carbocycles. The van der Waals surface area contributed by atoms with Crippen LogP contribution < -0.4 is 16.0 Å². The second kappa shape index (κ2) is 13.9. The molecule has 0 radical (unpaired) electrons. The highest BCUT2D eigenvalue weighted by Gasteiger charge is 2.30. The van der Waals surface area contributed by atoms with Gasteiger partial charge in [-0.25, -0.2) is 0 Å². The number of aliphatic hydroxyl groups is 2. The first-order valence-electron chi connectivity index (χ1n) is 13.5. The van der Waals surface area contributed by atoms with Gasteiger partial charge in [0.05, 0.1) is 25.2 Å². The summed E-state index contributed by atoms with van der Waals surface area (Å²) in [6, 6.07) is 6.33. The fourth-order valence-electron chi connectivity index (χ4n) is 4.97. The summed E-state index contributed by atoms with van der Waals surface area (Å²) >= 11 is 6.16. The molecule has 0 saturated carbocycles. The Kier molecular flexibility index (Phi) is 10.9. The van der Waals surface area contributed by atoms with E-state index < -0.39 is 30.0 Å². The van der Waals surface area contributed by atoms with Crippen molar-refractivity contribution in [3.63, 3.8) is 0 Å². The van der Waals surface area contributed by atoms with Gasteiger partial charge in [0.2, 0.25) is 17.7 Å². The smallest absolute Gasteiger partial charge is 0.242 e. The van der Waals surface area contributed by atoms with Crippen molar-refractivity contribution in [2.75, 3.05) is 13.2 Å². The zero-order valence-corrected chi connectivity index (χ0v) is 23.0. The third-order valence-corrected chi connectivity index (χ3v) is 7.68. The number of rotatable bonds is 13. The summed E-state index contributed by atoms with van der Waals surface area (Å²) in [7, 11) is 0. The van der Waals surface area contributed by atoms with Crippen LogP contribution in [0.25, 0.3) is 0 Å². The maximum atomic E-state index is 13.0. The van der Waals surface area contributed by atoms with Crippen molar-refractivity contribution in [3.8, 4) is 0 Å². The summed E-state index contributed by atoms with van der Waals surface area (Å²) in [4.78, 5) is 37.7. The molecule has 2 aliphatic rings. The quantitative estimate of drug-likeness (QED) is 0.260. The lowest BCUT2D eigenvalue weighted by atomic mass is 9.75. The van der Waals surface area contributed by atoms with Crippen molar-refractivity contribution in [1.82, 2.24) is 16.0 Å². The fourth-order valence-corrected chi connectivity index (χ4v) is 5.16. The molecule has 1 aromatic carbocycles. The number of carbonyl (C=O) groups is 3. The molecular weight excluding hydrogens is 506 g/mol. The van der Waals surface area contributed by atoms with Gasteiger partial charge in [-0.2, -0.15) is 0 Å². The van der Waals surface area contributed by atoms with Gasteiger partial charge in [0, 0.05) is 22.9 Å². The minimum atomic E-state index is -1.00. The lowest BCUT2D eigenvalue weighted by Crippen LogP contribution is -2.51. The second-order valence-electron chi connectivity index (χ2n) is 10.6. The van der Waals surface area contributed by atoms with Crippen molar-refractivity contribution in [2.24, 2.45) is 5.92 Å². The summed E-state index contributed by atoms with van der Waals surface area (Å²) in [6.45, 7) is 4.39. The number of aliphatic hydroxyl groups excluding tert-OH is 2. The number of carbonyl (C=O) groups excluding carboxylic acids is 3. The molecule has 2 unspecified atom stereocenters. The summed E-state index contributed by atoms with van der Waals surface area (Å²) in [5.41, 5.74) is 1.47. The number of unbranched alkanes of at least 4 members (excludes halogenated alkanes) is 1. The number of nitrogens with one attached hydrogen (secondary N) is 3. The number of hydrogen-bond donors (Lipinski definition) is 5. The van der Waals surface area contributed by atoms with E-state index in [1.807, 2.05) is 49.4 Å². The van der Waals surface area contributed by atoms with Gasteiger partial charge < -0.3 is 26.2 Å². The molecule has 5 atom stereocenters. The van der Waals surface area contributed by atoms with Crippen LogP contribution in [0.5, 0.6) is 0 Å². The SMILES string of the molecule is CCCC[C@H](NC(=O)CC(O)C1=CCC(C)(c2cccc(Cl)c2)C=C1)C(=O)N[C@H](CO)C[C@@H]1CCNC1=O. The Morgan fingerprint density at radius 3 is 2.68 bits per heavy atom. The summed E-state index contributed by atoms with van der Waals surface area (Å²) in [6.07, 6.45) is 8.29. The molecule has 0 bridgehead atoms. The van der Waals surface area contributed by atoms with E-state index in [-0.39, 0.29) is 30.3 Å². The molecule has 1 aromatic rings. The normalized spacial score (nSPS) is 23.2. The van der Waals surface area contributed by atoms with Crippen LogP contribution in [-0.2, 0) is 19.8 Å². The third kappa shape index (κ3) is 8.16. The molecule has 0 aromatic heterocycles. The maximum Gasteiger partial charge on any atom is 0.242 e. The molecule has 208 valence electrons. The monoisotopic (exact) mass is 545 g/mol. The van der Waals surface area contributed by atoms with E-state index in [1.165, 1.54) is 0 Å². The van der Waals surface area contributed by atoms with Gasteiger partial charge in [-0.05, 0) is 49.0 Å². The lowest BCUT2D eigenvalue weighted by molar-refractivity contribution is -0.130. The highest BCUT2D eigenvalue weighted by atomic mass is 35.5. The second-order valence-corrected chi connectivity index (χ2v) is 11.0. The summed E-state index contributed by atoms with van der Waals surface area (Å²) in [5, 5.41) is 29.5. The van der Waals surface area contributed by atoms with E-state index in [4.69, 9.17) is 11.6 Å². The fraction of sp³-hybridized carbons (Fsp3) is 0.552. The largest absolute Gasteiger partial charge is 0.394 e. The number of allylic oxidation sites excluding steroid dienone is 2. The first-order valence-corrected chi connectivity index (χ1v) is 13.8. The van der Waals surface area contributed by atoms with Crippen molar-refractivity contribution < 1.29 is 24.6 Å². The molecule has 9 heteroatoms. The third-order valence-electron chi connectivity index (χ3n) is 7.45. The highest BCUT2D eigenvalue weighted by molar-refractivity contribution is 6.30. The van der Waals surface area contributed by atoms with E-state index in [1.54, 1.807) is 0 Å². The molecule has 8 nitrogen and oxygen atoms in total. The topological polar surface area (TPSA) is 128 Å². The van der Waals surface area contributed by atoms with E-state index in [0.717, 1.165) is 18.4 Å². The molecular formula is C29H40ClN3O5. The van der Waals surface area contributed by atoms with Crippen LogP contribution in [0.3, 0.4) is 0 Å². The van der Waals surface area contributed by atoms with Gasteiger partial charge in [0.1, 0.15) is 6.04 Å². The van der Waals surface area contributed by atoms with Gasteiger partial charge in [0.15, 0.2) is 0 Å². The van der Waals surface area contributed by atoms with Crippen LogP contribution in [0.1, 0.15) is 64.4 Å². The molecule has 3 rings (SSSR count). The average Bonchev–Trinajstić information content (AvgIpc) is 3.30. The number of benzene rings is 1. The van der Waals surface area contributed by atoms with E-state index in [2.05, 4.69) is 22.9 Å². The Bertz CT molecular complexity index is 1060. The summed E-state index contributed by atoms with van der Waals surface area (Å²) in [5.74, 6) is -1.14. The van der Waals surface area contributed by atoms with Crippen LogP contribution in [0, 0.1) is 5.92 Å². The van der Waals surface area contributed by atoms with E-state index >= 15 is 0 Å². The Morgan fingerprint density at radius 1 is 1.29 bits per heavy atom. The van der Waals surface area contributed by atoms with Gasteiger partial charge in [0.25, 0.3) is 0 Å². The Labute approximate surface area is 229 Å². The minimum Gasteiger partial charge on any atom is -0.394 e. The zero-order valence-electron chi connectivity index (χ0n) is 22.2. The van der Waals surface area contributed by atoms with Crippen molar-refractivity contribution >= 4 is 29.3 Å². The molecule has 38 heavy (non-hydrogen) atoms. The van der Waals surface area contributed by atoms with Gasteiger partial charge in [-0.3, -0.25) is 14.4 Å². The number of hydrogen-bond acceptors (Lipinski definition) is 5. The zero-order chi connectivity index (χ0) is 27.7. The molecule has 1 heterocycles. The number of amides is 3. The molecule has 1 aliphatic heterocycles. The van der Waals surface area contributed by atoms with Gasteiger partial charge >= 0.3 is 0 Å². The summed E-state index contributed by atoms with van der Waals surface area (Å²) < 4.78 is 0. The van der Waals surface area contributed by atoms with Crippen LogP contribution in [0.4, 0.5) is 0 Å². The Balaban J connectivity index is 1.56. The van der Waals surface area contributed by atoms with Crippen LogP contribution in [-0.4, -0.2) is 59.3 Å². The molecule has 1 saturated heterocycles. The standard InChI is InChI=1S/C29H40ClN3O5/c1-3-4-8-24(28(38)32-23(18-34)15-20-11-14-31-27(20)37)33-26(36)17-25(35)19-9-12-29(2,13-10-19)21-6-5-7-22(30)16-21/h5-7,9-10,12,16,20,23-25,34-35H,3-4,8,11,13-15,17-18H2,1-2H3,(H,31,37)(H,32,38)(H,33,36)/t20-,23-,24-,25?,29?/m0/s1. The van der Waals surface area contributed by atoms with Crippen molar-refractivity contribution in [2.45, 2.75) is 82.4 Å². The van der Waals surface area contributed by atoms with Crippen molar-refractivity contribution in [3.05, 3.63) is 58.7 Å². The lowest BCUT2D eigenvalue weighted by Gasteiger charge is -2.30. The molecule has 5 N–H and O–H groups in total. The highest BCUT2D eigenvalue weighted by Crippen LogP contribution is 2.35. The Hall–Kier alpha value is -2.68. The molecule has 3 amide bonds. The van der Waals surface area contributed by atoms with Gasteiger partial charge in [-0.1, -0.05) is 68.7 Å². The van der Waals surface area contributed by atoms with Crippen LogP contribution >= 0.6 is 11.6 Å². The van der Waals surface area contributed by atoms with E-state index in [0.29, 0.717) is 42.8 Å². The predicted molar refractivity (Wildman–Crippen MR) is 147 cm³/mol. The minimum absolute atomic E-state index is 0.0681. The number of halogens is 1. The van der Waals surface area contributed by atoms with Gasteiger partial charge in [-0.15, -0.1) is 0 Å². The van der Waals surface area contributed by atoms with Crippen molar-refractivity contribution in [1.29, 1.82) is 0 Å². The molecule has 0 spiro atoms. The van der Waals surface area contributed by atoms with Crippen LogP contribution in [0.15, 0.2) is 48.1 Å². The van der Waals surface area contributed by atoms with Crippen LogP contribution in [0.2, 0.25) is 5.02 Å². The average molecular weight is 546 g/mol.